The second-order valence-electron chi connectivity index (χ2n) is 5.09. The van der Waals surface area contributed by atoms with Gasteiger partial charge in [0.05, 0.1) is 11.1 Å². The lowest BCUT2D eigenvalue weighted by Gasteiger charge is -2.11. The van der Waals surface area contributed by atoms with E-state index in [2.05, 4.69) is 0 Å². The van der Waals surface area contributed by atoms with E-state index in [0.717, 1.165) is 0 Å². The smallest absolute Gasteiger partial charge is 0.585 e. The van der Waals surface area contributed by atoms with Gasteiger partial charge in [-0.3, -0.25) is 9.59 Å². The number of benzene rings is 2. The van der Waals surface area contributed by atoms with Gasteiger partial charge >= 0.3 is 39.8 Å². The Kier molecular flexibility index (Phi) is 7.11. The summed E-state index contributed by atoms with van der Waals surface area (Å²) in [5.41, 5.74) is 0.0492. The highest BCUT2D eigenvalue weighted by Gasteiger charge is 2.21. The minimum atomic E-state index is -1.49. The zero-order valence-corrected chi connectivity index (χ0v) is 15.6. The molecule has 0 spiro atoms. The molecule has 0 heterocycles. The van der Waals surface area contributed by atoms with Gasteiger partial charge in [0.25, 0.3) is 0 Å². The lowest BCUT2D eigenvalue weighted by atomic mass is 10.2. The van der Waals surface area contributed by atoms with Crippen LogP contribution in [0.1, 0.15) is 34.6 Å². The second kappa shape index (κ2) is 9.52. The van der Waals surface area contributed by atoms with E-state index in [4.69, 9.17) is 17.1 Å². The SMILES string of the molecule is CC(=O)Oc1ccccc1C(=O)[O][Al][O]C(=O)c1ccccc1OC(C)=O. The molecule has 9 heteroatoms. The third kappa shape index (κ3) is 5.95. The normalized spacial score (nSPS) is 9.70. The van der Waals surface area contributed by atoms with Crippen LogP contribution in [0.2, 0.25) is 0 Å². The summed E-state index contributed by atoms with van der Waals surface area (Å²) in [6, 6.07) is 12.0. The van der Waals surface area contributed by atoms with Gasteiger partial charge in [-0.2, -0.15) is 0 Å². The Morgan fingerprint density at radius 3 is 1.41 bits per heavy atom. The predicted octanol–water partition coefficient (Wildman–Crippen LogP) is 2.09. The van der Waals surface area contributed by atoms with Crippen molar-refractivity contribution < 1.29 is 36.2 Å². The molecule has 0 aliphatic heterocycles. The molecule has 0 saturated heterocycles. The van der Waals surface area contributed by atoms with E-state index in [1.807, 2.05) is 0 Å². The quantitative estimate of drug-likeness (QED) is 0.423. The molecule has 0 bridgehead atoms. The summed E-state index contributed by atoms with van der Waals surface area (Å²) in [4.78, 5) is 46.4. The molecule has 27 heavy (non-hydrogen) atoms. The number of hydrogen-bond acceptors (Lipinski definition) is 8. The van der Waals surface area contributed by atoms with Gasteiger partial charge in [-0.15, -0.1) is 0 Å². The summed E-state index contributed by atoms with van der Waals surface area (Å²) in [5.74, 6) is -2.69. The van der Waals surface area contributed by atoms with Crippen LogP contribution in [0.15, 0.2) is 48.5 Å². The van der Waals surface area contributed by atoms with E-state index < -0.39 is 39.8 Å². The average Bonchev–Trinajstić information content (AvgIpc) is 2.61. The Bertz CT molecular complexity index is 806. The standard InChI is InChI=1S/2C9H8O4.Al/c2*1-6(10)13-8-5-3-2-4-7(8)9(11)12;/h2*2-5H,1H3,(H,11,12);/q;;+2/p-2. The van der Waals surface area contributed by atoms with E-state index in [1.54, 1.807) is 24.3 Å². The van der Waals surface area contributed by atoms with Crippen molar-refractivity contribution in [3.8, 4) is 11.5 Å². The van der Waals surface area contributed by atoms with Gasteiger partial charge in [-0.25, -0.2) is 9.59 Å². The van der Waals surface area contributed by atoms with E-state index >= 15 is 0 Å². The zero-order chi connectivity index (χ0) is 19.8. The van der Waals surface area contributed by atoms with E-state index in [-0.39, 0.29) is 22.6 Å². The third-order valence-corrected chi connectivity index (χ3v) is 3.65. The van der Waals surface area contributed by atoms with Crippen LogP contribution in [-0.4, -0.2) is 39.8 Å². The van der Waals surface area contributed by atoms with Gasteiger partial charge < -0.3 is 17.1 Å². The van der Waals surface area contributed by atoms with Gasteiger partial charge in [0.2, 0.25) is 0 Å². The highest BCUT2D eigenvalue weighted by Crippen LogP contribution is 2.20. The van der Waals surface area contributed by atoms with Crippen molar-refractivity contribution in [3.63, 3.8) is 0 Å². The monoisotopic (exact) mass is 385 g/mol. The van der Waals surface area contributed by atoms with Crippen molar-refractivity contribution in [2.45, 2.75) is 13.8 Å². The number of rotatable bonds is 6. The summed E-state index contributed by atoms with van der Waals surface area (Å²) < 4.78 is 19.8. The summed E-state index contributed by atoms with van der Waals surface area (Å²) in [6.07, 6.45) is 0. The van der Waals surface area contributed by atoms with Crippen molar-refractivity contribution in [2.75, 3.05) is 0 Å². The molecule has 0 amide bonds. The second-order valence-corrected chi connectivity index (χ2v) is 5.75. The minimum absolute atomic E-state index is 0.0246. The van der Waals surface area contributed by atoms with Crippen molar-refractivity contribution in [2.24, 2.45) is 0 Å². The number of para-hydroxylation sites is 2. The number of carbonyl (C=O) groups excluding carboxylic acids is 4. The van der Waals surface area contributed by atoms with Gasteiger partial charge in [-0.05, 0) is 24.3 Å². The predicted molar refractivity (Wildman–Crippen MR) is 92.1 cm³/mol. The van der Waals surface area contributed by atoms with Crippen molar-refractivity contribution >= 4 is 39.8 Å². The van der Waals surface area contributed by atoms with Gasteiger partial charge in [0, 0.05) is 13.8 Å². The molecule has 0 aliphatic carbocycles. The Morgan fingerprint density at radius 2 is 1.04 bits per heavy atom. The molecule has 137 valence electrons. The molecule has 0 saturated carbocycles. The van der Waals surface area contributed by atoms with Crippen LogP contribution in [0, 0.1) is 0 Å². The molecule has 0 aromatic heterocycles. The molecule has 0 atom stereocenters. The molecular weight excluding hydrogens is 371 g/mol. The summed E-state index contributed by atoms with van der Waals surface area (Å²) in [5, 5.41) is 0. The maximum atomic E-state index is 12.1. The fourth-order valence-corrected chi connectivity index (χ4v) is 2.47. The molecule has 2 aromatic carbocycles. The highest BCUT2D eigenvalue weighted by molar-refractivity contribution is 6.28. The van der Waals surface area contributed by atoms with Crippen molar-refractivity contribution in [3.05, 3.63) is 59.7 Å². The number of ether oxygens (including phenoxy) is 2. The molecule has 2 rings (SSSR count). The van der Waals surface area contributed by atoms with Crippen LogP contribution < -0.4 is 9.47 Å². The first-order valence-corrected chi connectivity index (χ1v) is 8.61. The summed E-state index contributed by atoms with van der Waals surface area (Å²) in [6.45, 7) is 2.41. The van der Waals surface area contributed by atoms with Crippen molar-refractivity contribution in [1.29, 1.82) is 0 Å². The number of esters is 2. The zero-order valence-electron chi connectivity index (χ0n) is 14.5. The fourth-order valence-electron chi connectivity index (χ4n) is 2.00. The topological polar surface area (TPSA) is 105 Å². The summed E-state index contributed by atoms with van der Waals surface area (Å²) in [7, 11) is 0. The van der Waals surface area contributed by atoms with Crippen LogP contribution in [0.4, 0.5) is 0 Å². The molecule has 0 fully saturated rings. The lowest BCUT2D eigenvalue weighted by Crippen LogP contribution is -2.18. The molecule has 0 unspecified atom stereocenters. The van der Waals surface area contributed by atoms with Crippen LogP contribution in [0.25, 0.3) is 0 Å². The summed E-state index contributed by atoms with van der Waals surface area (Å²) >= 11 is -1.49. The van der Waals surface area contributed by atoms with Crippen LogP contribution in [0.3, 0.4) is 0 Å². The van der Waals surface area contributed by atoms with Crippen LogP contribution in [0.5, 0.6) is 11.5 Å². The molecule has 1 radical (unpaired) electrons. The van der Waals surface area contributed by atoms with E-state index in [9.17, 15) is 19.2 Å². The number of hydrogen-bond donors (Lipinski definition) is 0. The molecule has 0 aliphatic rings. The fraction of sp³-hybridized carbons (Fsp3) is 0.111. The molecule has 8 nitrogen and oxygen atoms in total. The Morgan fingerprint density at radius 1 is 0.667 bits per heavy atom. The number of carbonyl (C=O) groups is 4. The highest BCUT2D eigenvalue weighted by atomic mass is 27.2. The maximum absolute atomic E-state index is 12.1. The maximum Gasteiger partial charge on any atom is 0.886 e. The average molecular weight is 385 g/mol. The van der Waals surface area contributed by atoms with Gasteiger partial charge in [0.15, 0.2) is 0 Å². The third-order valence-electron chi connectivity index (χ3n) is 3.03. The first kappa shape index (κ1) is 20.2. The lowest BCUT2D eigenvalue weighted by molar-refractivity contribution is -0.132. The van der Waals surface area contributed by atoms with Crippen molar-refractivity contribution in [1.82, 2.24) is 0 Å². The molecule has 0 N–H and O–H groups in total. The van der Waals surface area contributed by atoms with Gasteiger partial charge in [-0.1, -0.05) is 24.3 Å². The Balaban J connectivity index is 1.99. The molecule has 2 aromatic rings. The Labute approximate surface area is 161 Å². The van der Waals surface area contributed by atoms with E-state index in [1.165, 1.54) is 38.1 Å². The molecular formula is C18H14AlO8. The first-order chi connectivity index (χ1) is 12.9. The van der Waals surface area contributed by atoms with Crippen LogP contribution in [-0.2, 0) is 17.2 Å². The first-order valence-electron chi connectivity index (χ1n) is 7.67. The van der Waals surface area contributed by atoms with E-state index in [0.29, 0.717) is 0 Å². The Hall–Kier alpha value is -3.15. The largest absolute Gasteiger partial charge is 0.886 e. The van der Waals surface area contributed by atoms with Gasteiger partial charge in [0.1, 0.15) is 11.5 Å². The minimum Gasteiger partial charge on any atom is -0.585 e. The van der Waals surface area contributed by atoms with Crippen LogP contribution >= 0.6 is 0 Å².